The molecule has 8 nitrogen and oxygen atoms in total. The number of fused-ring (bicyclic) bond motifs is 1. The number of hydrogen-bond acceptors (Lipinski definition) is 6. The van der Waals surface area contributed by atoms with Crippen LogP contribution < -0.4 is 0 Å². The minimum Gasteiger partial charge on any atom is -0.443 e. The number of rotatable bonds is 3. The maximum Gasteiger partial charge on any atom is 0.421 e. The third kappa shape index (κ3) is 4.88. The Morgan fingerprint density at radius 3 is 2.71 bits per heavy atom. The molecule has 1 aliphatic rings. The van der Waals surface area contributed by atoms with Crippen LogP contribution >= 0.6 is 15.9 Å². The molecule has 1 unspecified atom stereocenters. The molecule has 0 radical (unpaired) electrons. The molecule has 1 aromatic carbocycles. The predicted octanol–water partition coefficient (Wildman–Crippen LogP) is 6.52. The Morgan fingerprint density at radius 1 is 1.17 bits per heavy atom. The number of hydrogen-bond donors (Lipinski definition) is 0. The largest absolute Gasteiger partial charge is 0.443 e. The molecule has 0 bridgehead atoms. The number of ether oxygens (including phenoxy) is 2. The van der Waals surface area contributed by atoms with Gasteiger partial charge in [0.15, 0.2) is 4.73 Å². The van der Waals surface area contributed by atoms with E-state index < -0.39 is 11.7 Å². The zero-order chi connectivity index (χ0) is 24.7. The Hall–Kier alpha value is -3.04. The molecule has 4 aromatic rings. The van der Waals surface area contributed by atoms with E-state index in [0.717, 1.165) is 54.1 Å². The van der Waals surface area contributed by atoms with Crippen molar-refractivity contribution in [1.29, 1.82) is 0 Å². The van der Waals surface area contributed by atoms with Gasteiger partial charge in [-0.2, -0.15) is 5.10 Å². The Balaban J connectivity index is 1.64. The van der Waals surface area contributed by atoms with Gasteiger partial charge in [-0.15, -0.1) is 0 Å². The molecule has 3 aromatic heterocycles. The molecular weight excluding hydrogens is 510 g/mol. The van der Waals surface area contributed by atoms with E-state index in [1.807, 2.05) is 75.0 Å². The highest BCUT2D eigenvalue weighted by Crippen LogP contribution is 2.35. The van der Waals surface area contributed by atoms with Crippen LogP contribution in [0, 0.1) is 6.92 Å². The molecule has 9 heteroatoms. The number of nitrogens with zero attached hydrogens (tertiary/aromatic N) is 5. The van der Waals surface area contributed by atoms with Crippen molar-refractivity contribution in [2.75, 3.05) is 6.61 Å². The van der Waals surface area contributed by atoms with Gasteiger partial charge >= 0.3 is 6.09 Å². The number of aromatic nitrogens is 5. The molecule has 1 aliphatic heterocycles. The van der Waals surface area contributed by atoms with E-state index in [4.69, 9.17) is 19.6 Å². The first-order chi connectivity index (χ1) is 16.7. The van der Waals surface area contributed by atoms with Crippen molar-refractivity contribution in [2.45, 2.75) is 58.8 Å². The van der Waals surface area contributed by atoms with Crippen molar-refractivity contribution in [3.8, 4) is 22.5 Å². The van der Waals surface area contributed by atoms with Gasteiger partial charge in [-0.1, -0.05) is 12.1 Å². The molecule has 1 fully saturated rings. The second-order valence-corrected chi connectivity index (χ2v) is 10.5. The lowest BCUT2D eigenvalue weighted by Crippen LogP contribution is -2.27. The first-order valence-corrected chi connectivity index (χ1v) is 12.6. The first-order valence-electron chi connectivity index (χ1n) is 11.8. The highest BCUT2D eigenvalue weighted by molar-refractivity contribution is 9.10. The number of pyridine rings is 1. The van der Waals surface area contributed by atoms with Gasteiger partial charge in [0.1, 0.15) is 17.5 Å². The molecule has 0 saturated carbocycles. The van der Waals surface area contributed by atoms with Crippen LogP contribution in [0.15, 0.2) is 47.3 Å². The van der Waals surface area contributed by atoms with Crippen LogP contribution in [0.4, 0.5) is 4.79 Å². The fraction of sp³-hybridized carbons (Fsp3) is 0.385. The smallest absolute Gasteiger partial charge is 0.421 e. The summed E-state index contributed by atoms with van der Waals surface area (Å²) >= 11 is 3.42. The number of carbonyl (C=O) groups is 1. The predicted molar refractivity (Wildman–Crippen MR) is 137 cm³/mol. The fourth-order valence-corrected chi connectivity index (χ4v) is 4.77. The van der Waals surface area contributed by atoms with Crippen molar-refractivity contribution in [3.63, 3.8) is 0 Å². The molecule has 4 heterocycles. The summed E-state index contributed by atoms with van der Waals surface area (Å²) < 4.78 is 15.4. The van der Waals surface area contributed by atoms with Gasteiger partial charge in [-0.3, -0.25) is 4.98 Å². The molecule has 1 saturated heterocycles. The highest BCUT2D eigenvalue weighted by Gasteiger charge is 2.25. The van der Waals surface area contributed by atoms with E-state index in [9.17, 15) is 4.79 Å². The minimum absolute atomic E-state index is 0.105. The van der Waals surface area contributed by atoms with Crippen LogP contribution in [-0.2, 0) is 9.47 Å². The van der Waals surface area contributed by atoms with Crippen LogP contribution in [0.1, 0.15) is 52.0 Å². The average molecular weight is 538 g/mol. The van der Waals surface area contributed by atoms with E-state index in [1.165, 1.54) is 4.57 Å². The molecule has 182 valence electrons. The van der Waals surface area contributed by atoms with Crippen LogP contribution in [0.3, 0.4) is 0 Å². The van der Waals surface area contributed by atoms with Crippen LogP contribution in [-0.4, -0.2) is 42.6 Å². The van der Waals surface area contributed by atoms with Crippen molar-refractivity contribution < 1.29 is 14.3 Å². The topological polar surface area (TPSA) is 84.1 Å². The third-order valence-electron chi connectivity index (χ3n) is 5.81. The summed E-state index contributed by atoms with van der Waals surface area (Å²) in [5.41, 5.74) is 4.98. The molecule has 0 amide bonds. The van der Waals surface area contributed by atoms with Gasteiger partial charge in [-0.25, -0.2) is 19.0 Å². The van der Waals surface area contributed by atoms with Crippen molar-refractivity contribution >= 4 is 33.1 Å². The lowest BCUT2D eigenvalue weighted by atomic mass is 10.0. The van der Waals surface area contributed by atoms with Crippen LogP contribution in [0.2, 0.25) is 0 Å². The minimum atomic E-state index is -0.629. The molecule has 5 rings (SSSR count). The van der Waals surface area contributed by atoms with E-state index in [-0.39, 0.29) is 6.23 Å². The van der Waals surface area contributed by atoms with Crippen molar-refractivity contribution in [3.05, 3.63) is 53.0 Å². The molecule has 35 heavy (non-hydrogen) atoms. The number of aryl methyl sites for hydroxylation is 1. The quantitative estimate of drug-likeness (QED) is 0.296. The lowest BCUT2D eigenvalue weighted by Gasteiger charge is -2.22. The Morgan fingerprint density at radius 2 is 2.00 bits per heavy atom. The number of benzene rings is 1. The van der Waals surface area contributed by atoms with Gasteiger partial charge in [0.25, 0.3) is 0 Å². The summed E-state index contributed by atoms with van der Waals surface area (Å²) in [5.74, 6) is 0. The number of imidazole rings is 1. The van der Waals surface area contributed by atoms with Crippen molar-refractivity contribution in [2.24, 2.45) is 0 Å². The van der Waals surface area contributed by atoms with Crippen molar-refractivity contribution in [1.82, 2.24) is 24.3 Å². The highest BCUT2D eigenvalue weighted by atomic mass is 79.9. The molecule has 0 spiro atoms. The normalized spacial score (nSPS) is 16.5. The summed E-state index contributed by atoms with van der Waals surface area (Å²) in [6.45, 7) is 8.21. The maximum absolute atomic E-state index is 13.0. The third-order valence-corrected chi connectivity index (χ3v) is 6.35. The molecular formula is C26H28BrN5O3. The van der Waals surface area contributed by atoms with E-state index >= 15 is 0 Å². The van der Waals surface area contributed by atoms with Gasteiger partial charge < -0.3 is 9.47 Å². The maximum atomic E-state index is 13.0. The summed E-state index contributed by atoms with van der Waals surface area (Å²) in [5, 5.41) is 4.92. The standard InChI is InChI=1S/C26H28BrN5O3/c1-16-8-7-9-20(28-16)23-18(15-31(30-23)22-10-5-6-13-34-22)17-11-12-19-21(14-17)32(24(27)29-19)25(33)35-26(2,3)4/h7-9,11-12,14-15,22H,5-6,10,13H2,1-4H3. The van der Waals surface area contributed by atoms with Gasteiger partial charge in [-0.05, 0) is 92.7 Å². The molecule has 0 aliphatic carbocycles. The second kappa shape index (κ2) is 9.20. The fourth-order valence-electron chi connectivity index (χ4n) is 4.24. The Labute approximate surface area is 212 Å². The zero-order valence-corrected chi connectivity index (χ0v) is 21.9. The monoisotopic (exact) mass is 537 g/mol. The summed E-state index contributed by atoms with van der Waals surface area (Å²) in [4.78, 5) is 22.2. The molecule has 1 atom stereocenters. The summed E-state index contributed by atoms with van der Waals surface area (Å²) in [7, 11) is 0. The van der Waals surface area contributed by atoms with E-state index in [2.05, 4.69) is 20.9 Å². The summed E-state index contributed by atoms with van der Waals surface area (Å²) in [6, 6.07) is 11.7. The first kappa shape index (κ1) is 23.7. The zero-order valence-electron chi connectivity index (χ0n) is 20.3. The number of halogens is 1. The SMILES string of the molecule is Cc1cccc(-c2nn(C3CCCCO3)cc2-c2ccc3nc(Br)n(C(=O)OC(C)(C)C)c3c2)n1. The van der Waals surface area contributed by atoms with Crippen LogP contribution in [0.25, 0.3) is 33.5 Å². The molecule has 0 N–H and O–H groups in total. The lowest BCUT2D eigenvalue weighted by molar-refractivity contribution is -0.0393. The Kier molecular flexibility index (Phi) is 6.23. The Bertz CT molecular complexity index is 1400. The van der Waals surface area contributed by atoms with Gasteiger partial charge in [0.05, 0.1) is 16.7 Å². The van der Waals surface area contributed by atoms with E-state index in [1.54, 1.807) is 0 Å². The van der Waals surface area contributed by atoms with E-state index in [0.29, 0.717) is 15.8 Å². The van der Waals surface area contributed by atoms with Gasteiger partial charge in [0, 0.05) is 24.1 Å². The number of carbonyl (C=O) groups excluding carboxylic acids is 1. The summed E-state index contributed by atoms with van der Waals surface area (Å²) in [6.07, 6.45) is 4.50. The van der Waals surface area contributed by atoms with Gasteiger partial charge in [0.2, 0.25) is 0 Å². The average Bonchev–Trinajstić information content (AvgIpc) is 3.39. The second-order valence-electron chi connectivity index (χ2n) is 9.76. The van der Waals surface area contributed by atoms with Crippen LogP contribution in [0.5, 0.6) is 0 Å².